The molecule has 266 valence electrons. The molecule has 0 saturated carbocycles. The first-order chi connectivity index (χ1) is 25.0. The minimum Gasteiger partial charge on any atom is -0.547 e. The molecule has 0 unspecified atom stereocenters. The van der Waals surface area contributed by atoms with Crippen LogP contribution in [0.1, 0.15) is 36.3 Å². The van der Waals surface area contributed by atoms with Gasteiger partial charge in [-0.25, -0.2) is 4.98 Å². The van der Waals surface area contributed by atoms with Gasteiger partial charge in [-0.3, -0.25) is 4.79 Å². The van der Waals surface area contributed by atoms with Gasteiger partial charge >= 0.3 is 88.7 Å². The first-order valence-electron chi connectivity index (χ1n) is 16.2. The Morgan fingerprint density at radius 3 is 2.22 bits per heavy atom. The summed E-state index contributed by atoms with van der Waals surface area (Å²) in [6, 6.07) is 24.8. The fourth-order valence-corrected chi connectivity index (χ4v) is 6.51. The van der Waals surface area contributed by atoms with Crippen LogP contribution in [0.3, 0.4) is 0 Å². The number of aromatic nitrogens is 1. The maximum absolute atomic E-state index is 14.5. The van der Waals surface area contributed by atoms with E-state index in [9.17, 15) is 34.5 Å². The third kappa shape index (κ3) is 9.16. The van der Waals surface area contributed by atoms with Gasteiger partial charge in [0, 0.05) is 18.5 Å². The van der Waals surface area contributed by atoms with Crippen molar-refractivity contribution < 1.29 is 147 Å². The number of hydrogen-bond acceptors (Lipinski definition) is 13. The average Bonchev–Trinajstić information content (AvgIpc) is 3.89. The summed E-state index contributed by atoms with van der Waals surface area (Å²) in [7, 11) is 0. The second-order valence-electron chi connectivity index (χ2n) is 12.4. The molecule has 3 heterocycles. The number of rotatable bonds is 12. The Bertz CT molecular complexity index is 2200. The van der Waals surface area contributed by atoms with Crippen molar-refractivity contribution in [2.75, 3.05) is 6.79 Å². The van der Waals surface area contributed by atoms with Crippen LogP contribution in [0.2, 0.25) is 0 Å². The van der Waals surface area contributed by atoms with Crippen LogP contribution in [0, 0.1) is 0 Å². The molecule has 1 aromatic heterocycles. The number of aliphatic carboxylic acids is 3. The molecule has 1 saturated heterocycles. The molecule has 0 N–H and O–H groups in total. The van der Waals surface area contributed by atoms with Crippen LogP contribution >= 0.6 is 0 Å². The van der Waals surface area contributed by atoms with E-state index in [1.165, 1.54) is 4.90 Å². The minimum absolute atomic E-state index is 0. The molecular formula is C38H29N2Na3O12. The summed E-state index contributed by atoms with van der Waals surface area (Å²) in [5.74, 6) is -10.9. The van der Waals surface area contributed by atoms with Crippen LogP contribution in [-0.2, 0) is 35.2 Å². The van der Waals surface area contributed by atoms with Gasteiger partial charge in [-0.15, -0.1) is 0 Å². The summed E-state index contributed by atoms with van der Waals surface area (Å²) in [6.07, 6.45) is -0.925. The van der Waals surface area contributed by atoms with E-state index in [2.05, 4.69) is 4.98 Å². The maximum atomic E-state index is 14.5. The van der Waals surface area contributed by atoms with Gasteiger partial charge in [0.2, 0.25) is 12.7 Å². The number of benzene rings is 4. The number of ether oxygens (including phenoxy) is 4. The number of hydrogen-bond donors (Lipinski definition) is 0. The summed E-state index contributed by atoms with van der Waals surface area (Å²) >= 11 is 0. The van der Waals surface area contributed by atoms with E-state index in [0.29, 0.717) is 39.6 Å². The molecule has 0 radical (unpaired) electrons. The zero-order valence-corrected chi connectivity index (χ0v) is 36.5. The van der Waals surface area contributed by atoms with Gasteiger partial charge in [0.1, 0.15) is 23.6 Å². The van der Waals surface area contributed by atoms with E-state index in [0.717, 1.165) is 10.8 Å². The molecule has 4 atom stereocenters. The van der Waals surface area contributed by atoms with Crippen LogP contribution in [0.4, 0.5) is 0 Å². The Balaban J connectivity index is 0.00000224. The first kappa shape index (κ1) is 44.5. The second kappa shape index (κ2) is 18.8. The van der Waals surface area contributed by atoms with Crippen LogP contribution in [0.25, 0.3) is 27.9 Å². The Hall–Kier alpha value is -3.25. The third-order valence-corrected chi connectivity index (χ3v) is 9.18. The molecule has 4 aromatic carbocycles. The van der Waals surface area contributed by atoms with E-state index in [4.69, 9.17) is 23.4 Å². The first-order valence-corrected chi connectivity index (χ1v) is 16.2. The minimum atomic E-state index is -3.68. The molecule has 0 spiro atoms. The number of fused-ring (bicyclic) bond motifs is 3. The number of carbonyl (C=O) groups excluding carboxylic acids is 4. The molecule has 2 aliphatic heterocycles. The van der Waals surface area contributed by atoms with Gasteiger partial charge in [0.15, 0.2) is 23.2 Å². The number of amides is 1. The van der Waals surface area contributed by atoms with Crippen molar-refractivity contribution in [3.05, 3.63) is 108 Å². The molecule has 0 bridgehead atoms. The van der Waals surface area contributed by atoms with Gasteiger partial charge in [0.25, 0.3) is 11.7 Å². The van der Waals surface area contributed by atoms with Crippen molar-refractivity contribution in [2.24, 2.45) is 0 Å². The zero-order valence-electron chi connectivity index (χ0n) is 30.5. The molecule has 7 rings (SSSR count). The molecule has 17 heteroatoms. The SMILES string of the molecule is C[C@@H]([C@H](C/C=C/c1nc2ccccc2o1)c1ccc2c(c1)OCO2)N(Cc1ccc2ccccc2c1)C(=O)[C@@H]1OC(C(=O)[O-])(C(=O)[O-])O[C@@H]1C(=O)[O-].[Na+].[Na+].[Na+]. The number of carbonyl (C=O) groups is 4. The second-order valence-corrected chi connectivity index (χ2v) is 12.4. The summed E-state index contributed by atoms with van der Waals surface area (Å²) < 4.78 is 26.9. The quantitative estimate of drug-likeness (QED) is 0.0855. The molecule has 2 aliphatic rings. The van der Waals surface area contributed by atoms with E-state index < -0.39 is 53.8 Å². The molecule has 5 aromatic rings. The van der Waals surface area contributed by atoms with Crippen molar-refractivity contribution in [3.8, 4) is 11.5 Å². The number of carboxylic acids is 3. The van der Waals surface area contributed by atoms with E-state index in [-0.39, 0.29) is 108 Å². The van der Waals surface area contributed by atoms with Crippen LogP contribution in [0.15, 0.2) is 95.4 Å². The Morgan fingerprint density at radius 1 is 0.836 bits per heavy atom. The predicted molar refractivity (Wildman–Crippen MR) is 174 cm³/mol. The fourth-order valence-electron chi connectivity index (χ4n) is 6.51. The molecule has 55 heavy (non-hydrogen) atoms. The third-order valence-electron chi connectivity index (χ3n) is 9.18. The summed E-state index contributed by atoms with van der Waals surface area (Å²) in [5.41, 5.74) is 2.59. The molecule has 1 amide bonds. The zero-order chi connectivity index (χ0) is 36.6. The topological polar surface area (TPSA) is 204 Å². The van der Waals surface area contributed by atoms with Crippen molar-refractivity contribution in [3.63, 3.8) is 0 Å². The normalized spacial score (nSPS) is 17.8. The van der Waals surface area contributed by atoms with Crippen LogP contribution in [0.5, 0.6) is 11.5 Å². The molecule has 14 nitrogen and oxygen atoms in total. The van der Waals surface area contributed by atoms with Gasteiger partial charge in [-0.1, -0.05) is 60.7 Å². The summed E-state index contributed by atoms with van der Waals surface area (Å²) in [5, 5.41) is 37.8. The molecular weight excluding hydrogens is 745 g/mol. The van der Waals surface area contributed by atoms with Crippen molar-refractivity contribution in [2.45, 2.75) is 49.8 Å². The van der Waals surface area contributed by atoms with Gasteiger partial charge < -0.3 is 58.0 Å². The van der Waals surface area contributed by atoms with E-state index in [1.807, 2.05) is 60.7 Å². The average molecular weight is 775 g/mol. The van der Waals surface area contributed by atoms with Gasteiger partial charge in [-0.2, -0.15) is 0 Å². The summed E-state index contributed by atoms with van der Waals surface area (Å²) in [6.45, 7) is 1.60. The molecule has 1 fully saturated rings. The van der Waals surface area contributed by atoms with Crippen LogP contribution in [-0.4, -0.2) is 64.5 Å². The smallest absolute Gasteiger partial charge is 0.547 e. The van der Waals surface area contributed by atoms with Crippen molar-refractivity contribution in [1.29, 1.82) is 0 Å². The molecule has 0 aliphatic carbocycles. The Morgan fingerprint density at radius 2 is 1.51 bits per heavy atom. The number of para-hydroxylation sites is 2. The number of allylic oxidation sites excluding steroid dienone is 1. The largest absolute Gasteiger partial charge is 1.00 e. The monoisotopic (exact) mass is 774 g/mol. The van der Waals surface area contributed by atoms with Crippen molar-refractivity contribution >= 4 is 51.8 Å². The van der Waals surface area contributed by atoms with E-state index in [1.54, 1.807) is 43.3 Å². The van der Waals surface area contributed by atoms with Crippen LogP contribution < -0.4 is 113 Å². The Kier molecular flexibility index (Phi) is 15.2. The Labute approximate surface area is 380 Å². The number of oxazole rings is 1. The van der Waals surface area contributed by atoms with Gasteiger partial charge in [-0.05, 0) is 71.7 Å². The standard InChI is InChI=1S/C38H32N2O12.3Na/c1-21(26(25-15-16-29-30(18-25)49-20-48-29)9-6-12-31-39-27-10-4-5-11-28(27)50-31)40(19-22-13-14-23-7-2-3-8-24(23)17-22)34(41)32-33(35(42)43)52-38(51-32,36(44)45)37(46)47;;;/h2-8,10-18,21,26,32-33H,9,19-20H2,1H3,(H,42,43)(H,44,45)(H,46,47);;;/q;3*+1/p-3/b12-6+;;;/t21-,26-,32+,33-;;;/m0.../s1. The fraction of sp³-hybridized carbons (Fsp3) is 0.237. The van der Waals surface area contributed by atoms with Crippen molar-refractivity contribution in [1.82, 2.24) is 9.88 Å². The summed E-state index contributed by atoms with van der Waals surface area (Å²) in [4.78, 5) is 56.4. The predicted octanol–water partition coefficient (Wildman–Crippen LogP) is -7.94. The van der Waals surface area contributed by atoms with Gasteiger partial charge in [0.05, 0.1) is 5.97 Å². The maximum Gasteiger partial charge on any atom is 1.00 e. The number of nitrogens with zero attached hydrogens (tertiary/aromatic N) is 2. The number of carboxylic acid groups (broad SMARTS) is 3. The van der Waals surface area contributed by atoms with E-state index >= 15 is 0 Å².